The van der Waals surface area contributed by atoms with E-state index in [0.29, 0.717) is 0 Å². The van der Waals surface area contributed by atoms with Crippen LogP contribution >= 0.6 is 11.6 Å². The number of rotatable bonds is 6. The summed E-state index contributed by atoms with van der Waals surface area (Å²) in [5, 5.41) is 5.35. The van der Waals surface area contributed by atoms with Gasteiger partial charge in [0.1, 0.15) is 0 Å². The van der Waals surface area contributed by atoms with Gasteiger partial charge < -0.3 is 9.88 Å². The van der Waals surface area contributed by atoms with Gasteiger partial charge in [0.15, 0.2) is 0 Å². The lowest BCUT2D eigenvalue weighted by atomic mass is 10.1. The number of nitrogens with zero attached hydrogens (tertiary/aromatic N) is 1. The van der Waals surface area contributed by atoms with Crippen LogP contribution < -0.4 is 5.32 Å². The maximum atomic E-state index is 6.13. The summed E-state index contributed by atoms with van der Waals surface area (Å²) in [6, 6.07) is 6.18. The highest BCUT2D eigenvalue weighted by molar-refractivity contribution is 6.31. The maximum absolute atomic E-state index is 6.13. The molecule has 0 aliphatic rings. The number of halogens is 1. The summed E-state index contributed by atoms with van der Waals surface area (Å²) in [5.74, 6) is 0.766. The van der Waals surface area contributed by atoms with Crippen LogP contribution in [0.15, 0.2) is 24.4 Å². The van der Waals surface area contributed by atoms with Gasteiger partial charge in [-0.2, -0.15) is 0 Å². The Hall–Kier alpha value is -0.990. The molecular formula is C16H23ClN2. The van der Waals surface area contributed by atoms with Crippen LogP contribution in [0.1, 0.15) is 32.3 Å². The highest BCUT2D eigenvalue weighted by atomic mass is 35.5. The van der Waals surface area contributed by atoms with Gasteiger partial charge in [0.2, 0.25) is 0 Å². The SMILES string of the molecule is CNCc1cn(CCCC(C)C)c2cc(Cl)ccc12. The maximum Gasteiger partial charge on any atom is 0.0498 e. The minimum Gasteiger partial charge on any atom is -0.347 e. The molecule has 0 aliphatic heterocycles. The predicted molar refractivity (Wildman–Crippen MR) is 83.8 cm³/mol. The van der Waals surface area contributed by atoms with E-state index in [2.05, 4.69) is 42.1 Å². The van der Waals surface area contributed by atoms with Crippen LogP contribution in [0, 0.1) is 5.92 Å². The van der Waals surface area contributed by atoms with Gasteiger partial charge in [0, 0.05) is 35.2 Å². The molecule has 0 atom stereocenters. The van der Waals surface area contributed by atoms with Crippen molar-refractivity contribution < 1.29 is 0 Å². The van der Waals surface area contributed by atoms with Crippen LogP contribution in [0.25, 0.3) is 10.9 Å². The molecule has 0 bridgehead atoms. The Kier molecular flexibility index (Phi) is 4.89. The first kappa shape index (κ1) is 14.4. The lowest BCUT2D eigenvalue weighted by Gasteiger charge is -2.07. The van der Waals surface area contributed by atoms with E-state index in [1.165, 1.54) is 29.3 Å². The van der Waals surface area contributed by atoms with Gasteiger partial charge in [0.25, 0.3) is 0 Å². The van der Waals surface area contributed by atoms with Crippen molar-refractivity contribution in [2.45, 2.75) is 39.8 Å². The Morgan fingerprint density at radius 1 is 1.32 bits per heavy atom. The Morgan fingerprint density at radius 2 is 2.11 bits per heavy atom. The van der Waals surface area contributed by atoms with Crippen LogP contribution in [0.5, 0.6) is 0 Å². The van der Waals surface area contributed by atoms with E-state index in [0.717, 1.165) is 24.0 Å². The largest absolute Gasteiger partial charge is 0.347 e. The third-order valence-corrected chi connectivity index (χ3v) is 3.71. The summed E-state index contributed by atoms with van der Waals surface area (Å²) in [7, 11) is 1.98. The first-order valence-corrected chi connectivity index (χ1v) is 7.41. The van der Waals surface area contributed by atoms with Gasteiger partial charge in [0.05, 0.1) is 0 Å². The molecular weight excluding hydrogens is 256 g/mol. The van der Waals surface area contributed by atoms with Crippen LogP contribution in [0.3, 0.4) is 0 Å². The van der Waals surface area contributed by atoms with Crippen molar-refractivity contribution in [3.05, 3.63) is 35.0 Å². The summed E-state index contributed by atoms with van der Waals surface area (Å²) >= 11 is 6.13. The molecule has 2 rings (SSSR count). The van der Waals surface area contributed by atoms with E-state index in [1.807, 2.05) is 13.1 Å². The number of fused-ring (bicyclic) bond motifs is 1. The van der Waals surface area contributed by atoms with E-state index >= 15 is 0 Å². The molecule has 0 amide bonds. The Labute approximate surface area is 120 Å². The topological polar surface area (TPSA) is 17.0 Å². The van der Waals surface area contributed by atoms with Gasteiger partial charge in [-0.3, -0.25) is 0 Å². The molecule has 0 spiro atoms. The molecule has 0 saturated carbocycles. The minimum atomic E-state index is 0.766. The molecule has 1 aromatic carbocycles. The van der Waals surface area contributed by atoms with E-state index in [4.69, 9.17) is 11.6 Å². The molecule has 0 aliphatic carbocycles. The quantitative estimate of drug-likeness (QED) is 0.826. The number of nitrogens with one attached hydrogen (secondary N) is 1. The molecule has 1 N–H and O–H groups in total. The van der Waals surface area contributed by atoms with Gasteiger partial charge in [-0.15, -0.1) is 0 Å². The molecule has 1 aromatic heterocycles. The standard InChI is InChI=1S/C16H23ClN2/c1-12(2)5-4-8-19-11-13(10-18-3)15-7-6-14(17)9-16(15)19/h6-7,9,11-12,18H,4-5,8,10H2,1-3H3. The Bertz CT molecular complexity index is 543. The smallest absolute Gasteiger partial charge is 0.0498 e. The Morgan fingerprint density at radius 3 is 2.79 bits per heavy atom. The van der Waals surface area contributed by atoms with Crippen LogP contribution in [0.4, 0.5) is 0 Å². The minimum absolute atomic E-state index is 0.766. The van der Waals surface area contributed by atoms with E-state index in [-0.39, 0.29) is 0 Å². The number of aromatic nitrogens is 1. The highest BCUT2D eigenvalue weighted by Gasteiger charge is 2.08. The molecule has 1 heterocycles. The van der Waals surface area contributed by atoms with Gasteiger partial charge >= 0.3 is 0 Å². The van der Waals surface area contributed by atoms with Crippen molar-refractivity contribution in [1.29, 1.82) is 0 Å². The first-order chi connectivity index (χ1) is 9.11. The zero-order chi connectivity index (χ0) is 13.8. The fourth-order valence-electron chi connectivity index (χ4n) is 2.53. The zero-order valence-corrected chi connectivity index (χ0v) is 12.8. The van der Waals surface area contributed by atoms with Gasteiger partial charge in [-0.25, -0.2) is 0 Å². The summed E-state index contributed by atoms with van der Waals surface area (Å²) < 4.78 is 2.34. The highest BCUT2D eigenvalue weighted by Crippen LogP contribution is 2.25. The average Bonchev–Trinajstić information content (AvgIpc) is 2.67. The number of hydrogen-bond donors (Lipinski definition) is 1. The normalized spacial score (nSPS) is 11.6. The number of aryl methyl sites for hydroxylation is 1. The third-order valence-electron chi connectivity index (χ3n) is 3.47. The average molecular weight is 279 g/mol. The fourth-order valence-corrected chi connectivity index (χ4v) is 2.69. The third kappa shape index (κ3) is 3.52. The van der Waals surface area contributed by atoms with Crippen molar-refractivity contribution in [1.82, 2.24) is 9.88 Å². The molecule has 0 radical (unpaired) electrons. The first-order valence-electron chi connectivity index (χ1n) is 7.03. The monoisotopic (exact) mass is 278 g/mol. The molecule has 2 aromatic rings. The van der Waals surface area contributed by atoms with E-state index in [1.54, 1.807) is 0 Å². The lowest BCUT2D eigenvalue weighted by molar-refractivity contribution is 0.517. The second-order valence-electron chi connectivity index (χ2n) is 5.58. The van der Waals surface area contributed by atoms with Crippen molar-refractivity contribution in [2.75, 3.05) is 7.05 Å². The molecule has 19 heavy (non-hydrogen) atoms. The van der Waals surface area contributed by atoms with Crippen molar-refractivity contribution in [2.24, 2.45) is 5.92 Å². The van der Waals surface area contributed by atoms with Crippen molar-refractivity contribution in [3.8, 4) is 0 Å². The van der Waals surface area contributed by atoms with E-state index < -0.39 is 0 Å². The Balaban J connectivity index is 2.28. The summed E-state index contributed by atoms with van der Waals surface area (Å²) in [5.41, 5.74) is 2.60. The molecule has 3 heteroatoms. The van der Waals surface area contributed by atoms with E-state index in [9.17, 15) is 0 Å². The number of benzene rings is 1. The summed E-state index contributed by atoms with van der Waals surface area (Å²) in [4.78, 5) is 0. The molecule has 0 fully saturated rings. The molecule has 104 valence electrons. The fraction of sp³-hybridized carbons (Fsp3) is 0.500. The molecule has 0 unspecified atom stereocenters. The van der Waals surface area contributed by atoms with Gasteiger partial charge in [-0.1, -0.05) is 31.5 Å². The van der Waals surface area contributed by atoms with Crippen LogP contribution in [0.2, 0.25) is 5.02 Å². The van der Waals surface area contributed by atoms with Gasteiger partial charge in [-0.05, 0) is 43.5 Å². The van der Waals surface area contributed by atoms with Crippen molar-refractivity contribution in [3.63, 3.8) is 0 Å². The second kappa shape index (κ2) is 6.44. The predicted octanol–water partition coefficient (Wildman–Crippen LogP) is 4.45. The van der Waals surface area contributed by atoms with Crippen LogP contribution in [-0.4, -0.2) is 11.6 Å². The molecule has 0 saturated heterocycles. The summed E-state index contributed by atoms with van der Waals surface area (Å²) in [6.07, 6.45) is 4.74. The molecule has 2 nitrogen and oxygen atoms in total. The zero-order valence-electron chi connectivity index (χ0n) is 12.0. The van der Waals surface area contributed by atoms with Crippen LogP contribution in [-0.2, 0) is 13.1 Å². The number of hydrogen-bond acceptors (Lipinski definition) is 1. The summed E-state index contributed by atoms with van der Waals surface area (Å²) in [6.45, 7) is 6.52. The lowest BCUT2D eigenvalue weighted by Crippen LogP contribution is -2.04. The van der Waals surface area contributed by atoms with Crippen molar-refractivity contribution >= 4 is 22.5 Å². The second-order valence-corrected chi connectivity index (χ2v) is 6.01.